The lowest BCUT2D eigenvalue weighted by Gasteiger charge is -2.29. The fourth-order valence-electron chi connectivity index (χ4n) is 3.13. The van der Waals surface area contributed by atoms with E-state index in [-0.39, 0.29) is 12.0 Å². The van der Waals surface area contributed by atoms with Crippen LogP contribution in [-0.4, -0.2) is 29.4 Å². The van der Waals surface area contributed by atoms with Gasteiger partial charge in [0.1, 0.15) is 0 Å². The predicted octanol–water partition coefficient (Wildman–Crippen LogP) is 3.59. The number of rotatable bonds is 5. The van der Waals surface area contributed by atoms with Crippen molar-refractivity contribution in [1.82, 2.24) is 4.90 Å². The van der Waals surface area contributed by atoms with Gasteiger partial charge in [0.15, 0.2) is 6.04 Å². The second-order valence-corrected chi connectivity index (χ2v) is 5.84. The molecule has 1 heterocycles. The molecule has 0 amide bonds. The van der Waals surface area contributed by atoms with Gasteiger partial charge in [-0.1, -0.05) is 60.7 Å². The van der Waals surface area contributed by atoms with Crippen LogP contribution < -0.4 is 0 Å². The van der Waals surface area contributed by atoms with Crippen molar-refractivity contribution in [2.75, 3.05) is 6.61 Å². The molecule has 0 aromatic heterocycles. The summed E-state index contributed by atoms with van der Waals surface area (Å²) < 4.78 is 5.25. The molecule has 0 aliphatic carbocycles. The zero-order valence-electron chi connectivity index (χ0n) is 14.1. The number of carbonyl (C=O) groups is 1. The van der Waals surface area contributed by atoms with Crippen LogP contribution in [0, 0.1) is 0 Å². The Morgan fingerprint density at radius 1 is 1.08 bits per heavy atom. The lowest BCUT2D eigenvalue weighted by Crippen LogP contribution is -2.35. The second-order valence-electron chi connectivity index (χ2n) is 5.84. The summed E-state index contributed by atoms with van der Waals surface area (Å²) in [5.74, 6) is 0.604. The largest absolute Gasteiger partial charge is 0.464 e. The van der Waals surface area contributed by atoms with Gasteiger partial charge in [-0.15, -0.1) is 0 Å². The SMILES string of the molecule is CCOC(=O)[C@H]1N=C(C)N(Cc2ccccc2)[C@H]1c1ccccc1. The molecule has 1 aliphatic heterocycles. The molecule has 0 spiro atoms. The van der Waals surface area contributed by atoms with Crippen LogP contribution in [0.5, 0.6) is 0 Å². The maximum atomic E-state index is 12.4. The van der Waals surface area contributed by atoms with Crippen LogP contribution in [0.4, 0.5) is 0 Å². The van der Waals surface area contributed by atoms with Crippen molar-refractivity contribution < 1.29 is 9.53 Å². The fraction of sp³-hybridized carbons (Fsp3) is 0.300. The number of nitrogens with zero attached hydrogens (tertiary/aromatic N) is 2. The Bertz CT molecular complexity index is 713. The van der Waals surface area contributed by atoms with Crippen LogP contribution in [0.3, 0.4) is 0 Å². The first-order chi connectivity index (χ1) is 11.7. The molecule has 0 saturated heterocycles. The molecule has 0 bridgehead atoms. The maximum absolute atomic E-state index is 12.4. The average molecular weight is 322 g/mol. The number of aliphatic imine (C=N–C) groups is 1. The Balaban J connectivity index is 1.93. The molecule has 24 heavy (non-hydrogen) atoms. The number of hydrogen-bond donors (Lipinski definition) is 0. The van der Waals surface area contributed by atoms with Crippen LogP contribution in [-0.2, 0) is 16.1 Å². The third kappa shape index (κ3) is 3.32. The zero-order valence-corrected chi connectivity index (χ0v) is 14.1. The van der Waals surface area contributed by atoms with E-state index in [9.17, 15) is 4.79 Å². The maximum Gasteiger partial charge on any atom is 0.333 e. The molecule has 3 rings (SSSR count). The van der Waals surface area contributed by atoms with Gasteiger partial charge >= 0.3 is 5.97 Å². The van der Waals surface area contributed by atoms with Crippen LogP contribution >= 0.6 is 0 Å². The smallest absolute Gasteiger partial charge is 0.333 e. The zero-order chi connectivity index (χ0) is 16.9. The Kier molecular flexibility index (Phi) is 4.94. The van der Waals surface area contributed by atoms with E-state index in [0.717, 1.165) is 11.4 Å². The molecule has 0 saturated carbocycles. The molecule has 2 aromatic carbocycles. The molecule has 4 heteroatoms. The van der Waals surface area contributed by atoms with Crippen molar-refractivity contribution in [3.63, 3.8) is 0 Å². The van der Waals surface area contributed by atoms with Gasteiger partial charge in [0, 0.05) is 6.54 Å². The predicted molar refractivity (Wildman–Crippen MR) is 94.7 cm³/mol. The number of hydrogen-bond acceptors (Lipinski definition) is 4. The Morgan fingerprint density at radius 3 is 2.33 bits per heavy atom. The summed E-state index contributed by atoms with van der Waals surface area (Å²) in [7, 11) is 0. The van der Waals surface area contributed by atoms with E-state index in [1.165, 1.54) is 5.56 Å². The Labute approximate surface area is 142 Å². The molecule has 0 unspecified atom stereocenters. The third-order valence-electron chi connectivity index (χ3n) is 4.24. The molecule has 0 fully saturated rings. The molecule has 1 aliphatic rings. The van der Waals surface area contributed by atoms with Crippen molar-refractivity contribution in [1.29, 1.82) is 0 Å². The molecule has 2 aromatic rings. The van der Waals surface area contributed by atoms with Gasteiger partial charge in [0.05, 0.1) is 18.5 Å². The van der Waals surface area contributed by atoms with Gasteiger partial charge in [-0.05, 0) is 25.0 Å². The Hall–Kier alpha value is -2.62. The van der Waals surface area contributed by atoms with E-state index in [2.05, 4.69) is 22.0 Å². The summed E-state index contributed by atoms with van der Waals surface area (Å²) in [4.78, 5) is 19.2. The second kappa shape index (κ2) is 7.30. The van der Waals surface area contributed by atoms with Gasteiger partial charge in [-0.25, -0.2) is 4.79 Å². The first kappa shape index (κ1) is 16.2. The van der Waals surface area contributed by atoms with Crippen molar-refractivity contribution >= 4 is 11.8 Å². The van der Waals surface area contributed by atoms with Crippen molar-refractivity contribution in [3.8, 4) is 0 Å². The number of ether oxygens (including phenoxy) is 1. The van der Waals surface area contributed by atoms with Crippen LogP contribution in [0.15, 0.2) is 65.7 Å². The summed E-state index contributed by atoms with van der Waals surface area (Å²) in [5, 5.41) is 0. The average Bonchev–Trinajstić information content (AvgIpc) is 2.93. The highest BCUT2D eigenvalue weighted by atomic mass is 16.5. The molecular formula is C20H22N2O2. The van der Waals surface area contributed by atoms with Crippen LogP contribution in [0.2, 0.25) is 0 Å². The summed E-state index contributed by atoms with van der Waals surface area (Å²) in [6, 6.07) is 19.6. The first-order valence-corrected chi connectivity index (χ1v) is 8.27. The van der Waals surface area contributed by atoms with E-state index in [1.54, 1.807) is 0 Å². The van der Waals surface area contributed by atoms with Crippen molar-refractivity contribution in [2.45, 2.75) is 32.5 Å². The highest BCUT2D eigenvalue weighted by molar-refractivity contribution is 5.89. The normalized spacial score (nSPS) is 19.9. The molecule has 2 atom stereocenters. The quantitative estimate of drug-likeness (QED) is 0.790. The van der Waals surface area contributed by atoms with E-state index in [1.807, 2.05) is 62.4 Å². The third-order valence-corrected chi connectivity index (χ3v) is 4.24. The summed E-state index contributed by atoms with van der Waals surface area (Å²) in [6.45, 7) is 4.86. The summed E-state index contributed by atoms with van der Waals surface area (Å²) >= 11 is 0. The van der Waals surface area contributed by atoms with E-state index < -0.39 is 6.04 Å². The molecule has 0 radical (unpaired) electrons. The van der Waals surface area contributed by atoms with Gasteiger partial charge < -0.3 is 9.64 Å². The standard InChI is InChI=1S/C20H22N2O2/c1-3-24-20(23)18-19(17-12-8-5-9-13-17)22(15(2)21-18)14-16-10-6-4-7-11-16/h4-13,18-19H,3,14H2,1-2H3/t18-,19-/m0/s1. The molecule has 124 valence electrons. The van der Waals surface area contributed by atoms with Gasteiger partial charge in [-0.2, -0.15) is 0 Å². The summed E-state index contributed by atoms with van der Waals surface area (Å²) in [5.41, 5.74) is 2.27. The van der Waals surface area contributed by atoms with Crippen LogP contribution in [0.25, 0.3) is 0 Å². The van der Waals surface area contributed by atoms with Crippen LogP contribution in [0.1, 0.15) is 31.0 Å². The fourth-order valence-corrected chi connectivity index (χ4v) is 3.13. The van der Waals surface area contributed by atoms with Crippen molar-refractivity contribution in [2.24, 2.45) is 4.99 Å². The highest BCUT2D eigenvalue weighted by Crippen LogP contribution is 2.34. The lowest BCUT2D eigenvalue weighted by atomic mass is 9.98. The minimum absolute atomic E-state index is 0.134. The molecule has 4 nitrogen and oxygen atoms in total. The number of amidine groups is 1. The minimum Gasteiger partial charge on any atom is -0.464 e. The van der Waals surface area contributed by atoms with E-state index in [4.69, 9.17) is 4.74 Å². The van der Waals surface area contributed by atoms with E-state index >= 15 is 0 Å². The monoisotopic (exact) mass is 322 g/mol. The van der Waals surface area contributed by atoms with E-state index in [0.29, 0.717) is 13.2 Å². The summed E-state index contributed by atoms with van der Waals surface area (Å²) in [6.07, 6.45) is 0. The number of esters is 1. The van der Waals surface area contributed by atoms with Gasteiger partial charge in [0.25, 0.3) is 0 Å². The lowest BCUT2D eigenvalue weighted by molar-refractivity contribution is -0.145. The highest BCUT2D eigenvalue weighted by Gasteiger charge is 2.40. The van der Waals surface area contributed by atoms with Gasteiger partial charge in [0.2, 0.25) is 0 Å². The minimum atomic E-state index is -0.518. The number of carbonyl (C=O) groups excluding carboxylic acids is 1. The molecule has 0 N–H and O–H groups in total. The first-order valence-electron chi connectivity index (χ1n) is 8.27. The topological polar surface area (TPSA) is 41.9 Å². The molecular weight excluding hydrogens is 300 g/mol. The van der Waals surface area contributed by atoms with Crippen molar-refractivity contribution in [3.05, 3.63) is 71.8 Å². The Morgan fingerprint density at radius 2 is 1.71 bits per heavy atom. The number of benzene rings is 2. The van der Waals surface area contributed by atoms with Gasteiger partial charge in [-0.3, -0.25) is 4.99 Å².